The highest BCUT2D eigenvalue weighted by molar-refractivity contribution is 7.80. The number of halogens is 2. The monoisotopic (exact) mass is 342 g/mol. The molecular formula is C15H16Cl2N2OS. The number of thiocarbonyl (C=S) groups is 1. The number of nitrogens with zero attached hydrogens (tertiary/aromatic N) is 1. The Labute approximate surface area is 140 Å². The van der Waals surface area contributed by atoms with Gasteiger partial charge < -0.3 is 10.1 Å². The van der Waals surface area contributed by atoms with Crippen LogP contribution < -0.4 is 5.32 Å². The Morgan fingerprint density at radius 3 is 2.62 bits per heavy atom. The third-order valence-electron chi connectivity index (χ3n) is 2.84. The molecule has 1 aromatic rings. The smallest absolute Gasteiger partial charge is 0.203 e. The summed E-state index contributed by atoms with van der Waals surface area (Å²) >= 11 is 17.0. The summed E-state index contributed by atoms with van der Waals surface area (Å²) in [6.07, 6.45) is 0. The van der Waals surface area contributed by atoms with Crippen molar-refractivity contribution >= 4 is 40.5 Å². The average Bonchev–Trinajstić information content (AvgIpc) is 2.42. The summed E-state index contributed by atoms with van der Waals surface area (Å²) in [6, 6.07) is 7.44. The Morgan fingerprint density at radius 2 is 2.10 bits per heavy atom. The van der Waals surface area contributed by atoms with Gasteiger partial charge in [0.2, 0.25) is 5.05 Å². The molecule has 6 heteroatoms. The van der Waals surface area contributed by atoms with Crippen molar-refractivity contribution in [3.8, 4) is 6.07 Å². The molecule has 1 atom stereocenters. The Morgan fingerprint density at radius 1 is 1.43 bits per heavy atom. The van der Waals surface area contributed by atoms with E-state index in [9.17, 15) is 5.26 Å². The molecule has 1 aromatic carbocycles. The molecule has 0 bridgehead atoms. The lowest BCUT2D eigenvalue weighted by molar-refractivity contribution is 0.337. The summed E-state index contributed by atoms with van der Waals surface area (Å²) in [5.74, 6) is 0. The summed E-state index contributed by atoms with van der Waals surface area (Å²) < 4.78 is 5.21. The molecule has 1 unspecified atom stereocenters. The van der Waals surface area contributed by atoms with Gasteiger partial charge in [-0.05, 0) is 50.7 Å². The zero-order chi connectivity index (χ0) is 16.0. The second-order valence-corrected chi connectivity index (χ2v) is 5.56. The van der Waals surface area contributed by atoms with Crippen LogP contribution in [0.5, 0.6) is 0 Å². The van der Waals surface area contributed by atoms with E-state index in [1.54, 1.807) is 19.1 Å². The highest BCUT2D eigenvalue weighted by Gasteiger charge is 2.13. The summed E-state index contributed by atoms with van der Waals surface area (Å²) in [5.41, 5.74) is 1.96. The minimum Gasteiger partial charge on any atom is -0.483 e. The fraction of sp³-hybridized carbons (Fsp3) is 0.333. The first kappa shape index (κ1) is 17.8. The number of ether oxygens (including phenoxy) is 1. The molecule has 3 nitrogen and oxygen atoms in total. The predicted molar refractivity (Wildman–Crippen MR) is 90.5 cm³/mol. The van der Waals surface area contributed by atoms with E-state index in [0.29, 0.717) is 27.9 Å². The van der Waals surface area contributed by atoms with Crippen molar-refractivity contribution in [2.75, 3.05) is 6.61 Å². The lowest BCUT2D eigenvalue weighted by atomic mass is 10.1. The van der Waals surface area contributed by atoms with Crippen molar-refractivity contribution in [2.24, 2.45) is 0 Å². The van der Waals surface area contributed by atoms with E-state index in [0.717, 1.165) is 5.56 Å². The molecule has 1 N–H and O–H groups in total. The predicted octanol–water partition coefficient (Wildman–Crippen LogP) is 4.81. The molecular weight excluding hydrogens is 327 g/mol. The molecule has 0 aliphatic rings. The lowest BCUT2D eigenvalue weighted by Crippen LogP contribution is -2.20. The van der Waals surface area contributed by atoms with Gasteiger partial charge in [0.05, 0.1) is 16.7 Å². The van der Waals surface area contributed by atoms with E-state index >= 15 is 0 Å². The normalized spacial score (nSPS) is 13.0. The Bertz CT molecular complexity index is 608. The van der Waals surface area contributed by atoms with Gasteiger partial charge in [0.1, 0.15) is 11.6 Å². The quantitative estimate of drug-likeness (QED) is 0.474. The van der Waals surface area contributed by atoms with Crippen LogP contribution in [0.2, 0.25) is 10.0 Å². The standard InChI is InChI=1S/C15H16Cl2N2OS/c1-4-20-15(21)12(8-18)10(3)19-9(2)11-5-6-13(16)14(17)7-11/h5-7,9,19H,4H2,1-3H3. The largest absolute Gasteiger partial charge is 0.483 e. The van der Waals surface area contributed by atoms with Crippen LogP contribution in [0.25, 0.3) is 0 Å². The zero-order valence-corrected chi connectivity index (χ0v) is 14.4. The molecule has 1 rings (SSSR count). The molecule has 0 fully saturated rings. The van der Waals surface area contributed by atoms with Gasteiger partial charge in [-0.2, -0.15) is 5.26 Å². The van der Waals surface area contributed by atoms with Crippen molar-refractivity contribution in [3.05, 3.63) is 45.1 Å². The third kappa shape index (κ3) is 4.89. The van der Waals surface area contributed by atoms with Gasteiger partial charge in [-0.1, -0.05) is 29.3 Å². The van der Waals surface area contributed by atoms with Crippen molar-refractivity contribution in [2.45, 2.75) is 26.8 Å². The maximum absolute atomic E-state index is 9.20. The first-order valence-electron chi connectivity index (χ1n) is 6.40. The second-order valence-electron chi connectivity index (χ2n) is 4.37. The molecule has 0 spiro atoms. The second kappa shape index (κ2) is 8.23. The van der Waals surface area contributed by atoms with Gasteiger partial charge in [-0.15, -0.1) is 0 Å². The van der Waals surface area contributed by atoms with Gasteiger partial charge in [0.15, 0.2) is 0 Å². The van der Waals surface area contributed by atoms with E-state index < -0.39 is 0 Å². The first-order valence-corrected chi connectivity index (χ1v) is 7.56. The van der Waals surface area contributed by atoms with Crippen LogP contribution in [0, 0.1) is 11.3 Å². The Kier molecular flexibility index (Phi) is 6.97. The topological polar surface area (TPSA) is 45.0 Å². The van der Waals surface area contributed by atoms with Crippen molar-refractivity contribution in [1.29, 1.82) is 5.26 Å². The van der Waals surface area contributed by atoms with Crippen LogP contribution in [-0.2, 0) is 4.74 Å². The van der Waals surface area contributed by atoms with Crippen molar-refractivity contribution < 1.29 is 4.74 Å². The van der Waals surface area contributed by atoms with Gasteiger partial charge in [0.25, 0.3) is 0 Å². The number of hydrogen-bond donors (Lipinski definition) is 1. The summed E-state index contributed by atoms with van der Waals surface area (Å²) in [4.78, 5) is 0. The molecule has 0 heterocycles. The Hall–Kier alpha value is -1.28. The molecule has 0 aliphatic heterocycles. The summed E-state index contributed by atoms with van der Waals surface area (Å²) in [6.45, 7) is 6.00. The molecule has 0 amide bonds. The van der Waals surface area contributed by atoms with E-state index in [-0.39, 0.29) is 11.1 Å². The maximum atomic E-state index is 9.20. The van der Waals surface area contributed by atoms with Gasteiger partial charge in [-0.3, -0.25) is 0 Å². The number of allylic oxidation sites excluding steroid dienone is 1. The minimum atomic E-state index is -0.0486. The molecule has 0 saturated heterocycles. The molecule has 0 aromatic heterocycles. The summed E-state index contributed by atoms with van der Waals surface area (Å²) in [7, 11) is 0. The Balaban J connectivity index is 2.94. The third-order valence-corrected chi connectivity index (χ3v) is 3.90. The van der Waals surface area contributed by atoms with E-state index in [1.165, 1.54) is 0 Å². The summed E-state index contributed by atoms with van der Waals surface area (Å²) in [5, 5.41) is 13.6. The number of benzene rings is 1. The minimum absolute atomic E-state index is 0.0486. The first-order chi connectivity index (χ1) is 9.90. The van der Waals surface area contributed by atoms with Gasteiger partial charge >= 0.3 is 0 Å². The number of nitriles is 1. The van der Waals surface area contributed by atoms with Crippen molar-refractivity contribution in [3.63, 3.8) is 0 Å². The molecule has 112 valence electrons. The average molecular weight is 343 g/mol. The van der Waals surface area contributed by atoms with E-state index in [2.05, 4.69) is 11.4 Å². The van der Waals surface area contributed by atoms with Crippen molar-refractivity contribution in [1.82, 2.24) is 5.32 Å². The fourth-order valence-electron chi connectivity index (χ4n) is 1.75. The van der Waals surface area contributed by atoms with E-state index in [1.807, 2.05) is 19.9 Å². The number of rotatable bonds is 5. The molecule has 0 aliphatic carbocycles. The van der Waals surface area contributed by atoms with Crippen LogP contribution in [0.15, 0.2) is 29.5 Å². The highest BCUT2D eigenvalue weighted by Crippen LogP contribution is 2.26. The van der Waals surface area contributed by atoms with Gasteiger partial charge in [-0.25, -0.2) is 0 Å². The molecule has 0 saturated carbocycles. The number of hydrogen-bond acceptors (Lipinski definition) is 4. The van der Waals surface area contributed by atoms with Crippen LogP contribution in [0.1, 0.15) is 32.4 Å². The van der Waals surface area contributed by atoms with Crippen LogP contribution in [-0.4, -0.2) is 11.7 Å². The van der Waals surface area contributed by atoms with Crippen LogP contribution in [0.3, 0.4) is 0 Å². The molecule has 21 heavy (non-hydrogen) atoms. The zero-order valence-electron chi connectivity index (χ0n) is 12.0. The van der Waals surface area contributed by atoms with Crippen LogP contribution >= 0.6 is 35.4 Å². The fourth-order valence-corrected chi connectivity index (χ4v) is 2.37. The van der Waals surface area contributed by atoms with Crippen LogP contribution in [0.4, 0.5) is 0 Å². The molecule has 0 radical (unpaired) electrons. The SMILES string of the molecule is CCOC(=S)C(C#N)=C(C)NC(C)c1ccc(Cl)c(Cl)c1. The van der Waals surface area contributed by atoms with Gasteiger partial charge in [0, 0.05) is 11.7 Å². The lowest BCUT2D eigenvalue weighted by Gasteiger charge is -2.18. The number of nitrogens with one attached hydrogen (secondary N) is 1. The maximum Gasteiger partial charge on any atom is 0.203 e. The highest BCUT2D eigenvalue weighted by atomic mass is 35.5. The van der Waals surface area contributed by atoms with E-state index in [4.69, 9.17) is 40.2 Å².